The molecule has 1 saturated carbocycles. The van der Waals surface area contributed by atoms with Crippen LogP contribution in [0.3, 0.4) is 0 Å². The molecule has 1 aliphatic heterocycles. The van der Waals surface area contributed by atoms with Gasteiger partial charge in [0.25, 0.3) is 10.0 Å². The van der Waals surface area contributed by atoms with Crippen molar-refractivity contribution in [3.05, 3.63) is 59.7 Å². The molecule has 1 fully saturated rings. The number of ether oxygens (including phenoxy) is 2. The van der Waals surface area contributed by atoms with Crippen molar-refractivity contribution in [3.63, 3.8) is 0 Å². The number of anilines is 1. The predicted octanol–water partition coefficient (Wildman–Crippen LogP) is 4.60. The number of esters is 2. The van der Waals surface area contributed by atoms with Crippen LogP contribution in [-0.2, 0) is 30.7 Å². The Morgan fingerprint density at radius 3 is 2.63 bits per heavy atom. The summed E-state index contributed by atoms with van der Waals surface area (Å²) in [6.45, 7) is 6.25. The van der Waals surface area contributed by atoms with Crippen LogP contribution in [0.4, 0.5) is 5.69 Å². The number of carbonyl (C=O) groups excluding carboxylic acids is 2. The minimum Gasteiger partial charge on any atom is -0.460 e. The fourth-order valence-corrected chi connectivity index (χ4v) is 6.68. The third kappa shape index (κ3) is 5.53. The van der Waals surface area contributed by atoms with E-state index in [1.807, 2.05) is 12.1 Å². The number of hydrogen-bond donors (Lipinski definition) is 0. The Morgan fingerprint density at radius 2 is 1.86 bits per heavy atom. The van der Waals surface area contributed by atoms with Gasteiger partial charge in [0, 0.05) is 6.54 Å². The van der Waals surface area contributed by atoms with Crippen LogP contribution >= 0.6 is 0 Å². The first kappa shape index (κ1) is 25.2. The summed E-state index contributed by atoms with van der Waals surface area (Å²) in [5, 5.41) is 0. The molecule has 2 aromatic rings. The van der Waals surface area contributed by atoms with Crippen LogP contribution < -0.4 is 4.31 Å². The molecule has 8 heteroatoms. The van der Waals surface area contributed by atoms with Gasteiger partial charge in [-0.15, -0.1) is 0 Å². The highest BCUT2D eigenvalue weighted by Crippen LogP contribution is 2.35. The minimum absolute atomic E-state index is 0.00204. The number of benzene rings is 2. The second-order valence-corrected chi connectivity index (χ2v) is 11.8. The van der Waals surface area contributed by atoms with E-state index in [4.69, 9.17) is 9.47 Å². The molecule has 0 spiro atoms. The molecule has 0 amide bonds. The zero-order chi connectivity index (χ0) is 25.2. The Morgan fingerprint density at radius 1 is 1.09 bits per heavy atom. The second kappa shape index (κ2) is 10.4. The summed E-state index contributed by atoms with van der Waals surface area (Å²) in [6.07, 6.45) is 3.40. The van der Waals surface area contributed by atoms with Crippen LogP contribution in [-0.4, -0.2) is 39.6 Å². The third-order valence-electron chi connectivity index (χ3n) is 7.07. The number of para-hydroxylation sites is 1. The second-order valence-electron chi connectivity index (χ2n) is 9.91. The van der Waals surface area contributed by atoms with Crippen molar-refractivity contribution in [1.82, 2.24) is 0 Å². The van der Waals surface area contributed by atoms with E-state index in [2.05, 4.69) is 20.8 Å². The SMILES string of the molecule is CC(C)[C@H]1CC[C@H](C)C[C@H]1OC(=O)COC(=O)c1cccc(S(=O)(=O)N2CCc3ccccc32)c1. The first-order valence-corrected chi connectivity index (χ1v) is 13.7. The topological polar surface area (TPSA) is 90.0 Å². The Bertz CT molecular complexity index is 1190. The number of sulfonamides is 1. The van der Waals surface area contributed by atoms with Gasteiger partial charge in [-0.25, -0.2) is 18.0 Å². The van der Waals surface area contributed by atoms with Crippen molar-refractivity contribution in [2.75, 3.05) is 17.5 Å². The Labute approximate surface area is 207 Å². The smallest absolute Gasteiger partial charge is 0.344 e. The van der Waals surface area contributed by atoms with Gasteiger partial charge in [-0.2, -0.15) is 0 Å². The fraction of sp³-hybridized carbons (Fsp3) is 0.481. The Hall–Kier alpha value is -2.87. The summed E-state index contributed by atoms with van der Waals surface area (Å²) < 4.78 is 38.8. The van der Waals surface area contributed by atoms with Gasteiger partial charge in [0.15, 0.2) is 6.61 Å². The summed E-state index contributed by atoms with van der Waals surface area (Å²) >= 11 is 0. The molecule has 2 aromatic carbocycles. The van der Waals surface area contributed by atoms with Crippen LogP contribution in [0.5, 0.6) is 0 Å². The summed E-state index contributed by atoms with van der Waals surface area (Å²) in [5.41, 5.74) is 1.69. The number of hydrogen-bond acceptors (Lipinski definition) is 6. The van der Waals surface area contributed by atoms with Gasteiger partial charge in [-0.1, -0.05) is 51.5 Å². The molecule has 0 unspecified atom stereocenters. The van der Waals surface area contributed by atoms with E-state index in [9.17, 15) is 18.0 Å². The lowest BCUT2D eigenvalue weighted by molar-refractivity contribution is -0.159. The quantitative estimate of drug-likeness (QED) is 0.517. The van der Waals surface area contributed by atoms with Crippen molar-refractivity contribution in [1.29, 1.82) is 0 Å². The molecule has 0 aromatic heterocycles. The van der Waals surface area contributed by atoms with E-state index in [-0.39, 0.29) is 16.6 Å². The highest BCUT2D eigenvalue weighted by Gasteiger charge is 2.34. The van der Waals surface area contributed by atoms with Crippen molar-refractivity contribution in [2.24, 2.45) is 17.8 Å². The van der Waals surface area contributed by atoms with E-state index in [0.29, 0.717) is 36.4 Å². The first-order chi connectivity index (χ1) is 16.7. The van der Waals surface area contributed by atoms with Crippen molar-refractivity contribution >= 4 is 27.6 Å². The van der Waals surface area contributed by atoms with Gasteiger partial charge < -0.3 is 9.47 Å². The van der Waals surface area contributed by atoms with Gasteiger partial charge in [0.05, 0.1) is 16.1 Å². The van der Waals surface area contributed by atoms with E-state index < -0.39 is 28.6 Å². The maximum absolute atomic E-state index is 13.3. The molecule has 2 aliphatic rings. The van der Waals surface area contributed by atoms with Gasteiger partial charge in [-0.05, 0) is 66.8 Å². The van der Waals surface area contributed by atoms with E-state index in [0.717, 1.165) is 24.8 Å². The predicted molar refractivity (Wildman–Crippen MR) is 133 cm³/mol. The van der Waals surface area contributed by atoms with Gasteiger partial charge >= 0.3 is 11.9 Å². The summed E-state index contributed by atoms with van der Waals surface area (Å²) in [7, 11) is -3.84. The number of fused-ring (bicyclic) bond motifs is 1. The van der Waals surface area contributed by atoms with E-state index in [1.165, 1.54) is 28.6 Å². The fourth-order valence-electron chi connectivity index (χ4n) is 5.13. The van der Waals surface area contributed by atoms with Gasteiger partial charge in [0.1, 0.15) is 6.10 Å². The van der Waals surface area contributed by atoms with Crippen molar-refractivity contribution < 1.29 is 27.5 Å². The molecule has 0 N–H and O–H groups in total. The van der Waals surface area contributed by atoms with Crippen LogP contribution in [0.2, 0.25) is 0 Å². The normalized spacial score (nSPS) is 22.1. The lowest BCUT2D eigenvalue weighted by atomic mass is 9.75. The summed E-state index contributed by atoms with van der Waals surface area (Å²) in [5.74, 6) is -0.171. The highest BCUT2D eigenvalue weighted by atomic mass is 32.2. The standard InChI is InChI=1S/C27H33NO6S/c1-18(2)23-12-11-19(3)15-25(23)34-26(29)17-33-27(30)21-8-6-9-22(16-21)35(31,32)28-14-13-20-7-4-5-10-24(20)28/h4-10,16,18-19,23,25H,11-15,17H2,1-3H3/t19-,23+,25+/m0/s1. The lowest BCUT2D eigenvalue weighted by Crippen LogP contribution is -2.36. The zero-order valence-electron chi connectivity index (χ0n) is 20.5. The Balaban J connectivity index is 1.40. The average Bonchev–Trinajstić information content (AvgIpc) is 3.27. The number of carbonyl (C=O) groups is 2. The van der Waals surface area contributed by atoms with E-state index >= 15 is 0 Å². The molecular formula is C27H33NO6S. The lowest BCUT2D eigenvalue weighted by Gasteiger charge is -2.36. The summed E-state index contributed by atoms with van der Waals surface area (Å²) in [4.78, 5) is 25.1. The maximum Gasteiger partial charge on any atom is 0.344 e. The molecule has 1 heterocycles. The molecule has 4 rings (SSSR count). The van der Waals surface area contributed by atoms with Gasteiger partial charge in [0.2, 0.25) is 0 Å². The Kier molecular flexibility index (Phi) is 7.50. The largest absolute Gasteiger partial charge is 0.460 e. The number of rotatable bonds is 7. The maximum atomic E-state index is 13.3. The van der Waals surface area contributed by atoms with E-state index in [1.54, 1.807) is 12.1 Å². The zero-order valence-corrected chi connectivity index (χ0v) is 21.3. The van der Waals surface area contributed by atoms with Gasteiger partial charge in [-0.3, -0.25) is 4.31 Å². The molecule has 0 saturated heterocycles. The van der Waals surface area contributed by atoms with Crippen molar-refractivity contribution in [2.45, 2.75) is 57.5 Å². The third-order valence-corrected chi connectivity index (χ3v) is 8.88. The van der Waals surface area contributed by atoms with Crippen LogP contribution in [0.1, 0.15) is 56.0 Å². The summed E-state index contributed by atoms with van der Waals surface area (Å²) in [6, 6.07) is 13.1. The first-order valence-electron chi connectivity index (χ1n) is 12.2. The van der Waals surface area contributed by atoms with Crippen molar-refractivity contribution in [3.8, 4) is 0 Å². The molecule has 7 nitrogen and oxygen atoms in total. The molecule has 3 atom stereocenters. The number of nitrogens with zero attached hydrogens (tertiary/aromatic N) is 1. The molecule has 1 aliphatic carbocycles. The van der Waals surface area contributed by atoms with Crippen LogP contribution in [0.25, 0.3) is 0 Å². The average molecular weight is 500 g/mol. The molecule has 0 bridgehead atoms. The molecule has 35 heavy (non-hydrogen) atoms. The molecule has 188 valence electrons. The molecule has 0 radical (unpaired) electrons. The van der Waals surface area contributed by atoms with Crippen LogP contribution in [0, 0.1) is 17.8 Å². The van der Waals surface area contributed by atoms with Crippen LogP contribution in [0.15, 0.2) is 53.4 Å². The minimum atomic E-state index is -3.84. The highest BCUT2D eigenvalue weighted by molar-refractivity contribution is 7.92. The molecular weight excluding hydrogens is 466 g/mol. The monoisotopic (exact) mass is 499 g/mol.